The van der Waals surface area contributed by atoms with Gasteiger partial charge in [-0.1, -0.05) is 18.5 Å². The maximum atomic E-state index is 13.9. The van der Waals surface area contributed by atoms with E-state index in [1.165, 1.54) is 12.1 Å². The molecule has 0 radical (unpaired) electrons. The second-order valence-corrected chi connectivity index (χ2v) is 6.50. The number of nitrogens with zero attached hydrogens (tertiary/aromatic N) is 4. The van der Waals surface area contributed by atoms with Gasteiger partial charge in [0.05, 0.1) is 11.4 Å². The van der Waals surface area contributed by atoms with E-state index in [-0.39, 0.29) is 11.7 Å². The summed E-state index contributed by atoms with van der Waals surface area (Å²) in [5, 5.41) is 9.18. The minimum Gasteiger partial charge on any atom is -0.339 e. The summed E-state index contributed by atoms with van der Waals surface area (Å²) in [6, 6.07) is 12.5. The van der Waals surface area contributed by atoms with E-state index in [1.54, 1.807) is 6.07 Å². The molecule has 24 heavy (non-hydrogen) atoms. The van der Waals surface area contributed by atoms with Crippen molar-refractivity contribution in [3.05, 3.63) is 65.0 Å². The first-order chi connectivity index (χ1) is 11.5. The lowest BCUT2D eigenvalue weighted by atomic mass is 10.1. The monoisotopic (exact) mass is 342 g/mol. The Kier molecular flexibility index (Phi) is 3.53. The summed E-state index contributed by atoms with van der Waals surface area (Å²) >= 11 is 6.02. The van der Waals surface area contributed by atoms with E-state index in [9.17, 15) is 4.39 Å². The third-order valence-electron chi connectivity index (χ3n) is 4.35. The second-order valence-electron chi connectivity index (χ2n) is 6.06. The SMILES string of the molecule is Cc1nnc2n1-c1cc(F)ccc1N(c1ccc(Cl)cc1)CC2C. The molecule has 0 fully saturated rings. The Balaban J connectivity index is 1.96. The molecule has 1 aliphatic rings. The number of benzene rings is 2. The molecule has 4 nitrogen and oxygen atoms in total. The standard InChI is InChI=1S/C18H16ClFN4/c1-11-10-23(15-6-3-13(19)4-7-15)16-8-5-14(20)9-17(16)24-12(2)21-22-18(11)24/h3-9,11H,10H2,1-2H3. The zero-order valence-corrected chi connectivity index (χ0v) is 14.1. The number of halogens is 2. The van der Waals surface area contributed by atoms with E-state index in [0.29, 0.717) is 5.02 Å². The van der Waals surface area contributed by atoms with Crippen molar-refractivity contribution in [2.75, 3.05) is 11.4 Å². The summed E-state index contributed by atoms with van der Waals surface area (Å²) in [7, 11) is 0. The molecule has 1 aromatic heterocycles. The molecule has 1 atom stereocenters. The largest absolute Gasteiger partial charge is 0.339 e. The van der Waals surface area contributed by atoms with Crippen LogP contribution in [0.5, 0.6) is 0 Å². The normalized spacial score (nSPS) is 16.5. The molecule has 2 heterocycles. The van der Waals surface area contributed by atoms with Crippen LogP contribution in [0.15, 0.2) is 42.5 Å². The molecular weight excluding hydrogens is 327 g/mol. The lowest BCUT2D eigenvalue weighted by Gasteiger charge is -2.26. The summed E-state index contributed by atoms with van der Waals surface area (Å²) in [4.78, 5) is 2.17. The average Bonchev–Trinajstić information content (AvgIpc) is 2.90. The maximum Gasteiger partial charge on any atom is 0.142 e. The van der Waals surface area contributed by atoms with Gasteiger partial charge in [0.2, 0.25) is 0 Å². The number of hydrogen-bond acceptors (Lipinski definition) is 3. The van der Waals surface area contributed by atoms with Crippen molar-refractivity contribution in [3.63, 3.8) is 0 Å². The van der Waals surface area contributed by atoms with Gasteiger partial charge in [0.25, 0.3) is 0 Å². The first kappa shape index (κ1) is 15.1. The Morgan fingerprint density at radius 2 is 1.83 bits per heavy atom. The maximum absolute atomic E-state index is 13.9. The molecule has 3 aromatic rings. The number of rotatable bonds is 1. The van der Waals surface area contributed by atoms with Gasteiger partial charge in [-0.05, 0) is 43.3 Å². The molecule has 0 amide bonds. The topological polar surface area (TPSA) is 34.0 Å². The average molecular weight is 343 g/mol. The predicted octanol–water partition coefficient (Wildman–Crippen LogP) is 4.62. The predicted molar refractivity (Wildman–Crippen MR) is 92.9 cm³/mol. The Morgan fingerprint density at radius 3 is 2.58 bits per heavy atom. The van der Waals surface area contributed by atoms with Crippen LogP contribution in [-0.4, -0.2) is 21.3 Å². The van der Waals surface area contributed by atoms with Crippen molar-refractivity contribution >= 4 is 23.0 Å². The minimum absolute atomic E-state index is 0.136. The van der Waals surface area contributed by atoms with E-state index in [4.69, 9.17) is 11.6 Å². The van der Waals surface area contributed by atoms with Crippen molar-refractivity contribution in [1.82, 2.24) is 14.8 Å². The highest BCUT2D eigenvalue weighted by Crippen LogP contribution is 2.38. The zero-order valence-electron chi connectivity index (χ0n) is 13.4. The molecule has 0 bridgehead atoms. The first-order valence-electron chi connectivity index (χ1n) is 7.79. The van der Waals surface area contributed by atoms with Gasteiger partial charge in [0.1, 0.15) is 17.5 Å². The molecule has 0 N–H and O–H groups in total. The van der Waals surface area contributed by atoms with Crippen molar-refractivity contribution in [1.29, 1.82) is 0 Å². The Morgan fingerprint density at radius 1 is 1.08 bits per heavy atom. The summed E-state index contributed by atoms with van der Waals surface area (Å²) in [5.41, 5.74) is 2.69. The molecule has 2 aromatic carbocycles. The second kappa shape index (κ2) is 5.60. The van der Waals surface area contributed by atoms with E-state index in [1.807, 2.05) is 35.8 Å². The lowest BCUT2D eigenvalue weighted by molar-refractivity contribution is 0.626. The van der Waals surface area contributed by atoms with Gasteiger partial charge in [-0.3, -0.25) is 4.57 Å². The van der Waals surface area contributed by atoms with Crippen LogP contribution in [0.25, 0.3) is 5.69 Å². The number of anilines is 2. The molecule has 122 valence electrons. The fraction of sp³-hybridized carbons (Fsp3) is 0.222. The quantitative estimate of drug-likeness (QED) is 0.647. The third kappa shape index (κ3) is 2.36. The Bertz CT molecular complexity index is 904. The fourth-order valence-electron chi connectivity index (χ4n) is 3.22. The van der Waals surface area contributed by atoms with Gasteiger partial charge >= 0.3 is 0 Å². The van der Waals surface area contributed by atoms with E-state index < -0.39 is 0 Å². The van der Waals surface area contributed by atoms with Crippen molar-refractivity contribution in [3.8, 4) is 5.69 Å². The van der Waals surface area contributed by atoms with Crippen LogP contribution in [0.4, 0.5) is 15.8 Å². The van der Waals surface area contributed by atoms with Gasteiger partial charge in [0.15, 0.2) is 0 Å². The summed E-state index contributed by atoms with van der Waals surface area (Å²) in [6.07, 6.45) is 0. The molecular formula is C18H16ClFN4. The number of aryl methyl sites for hydroxylation is 1. The number of hydrogen-bond donors (Lipinski definition) is 0. The van der Waals surface area contributed by atoms with E-state index in [0.717, 1.165) is 35.3 Å². The smallest absolute Gasteiger partial charge is 0.142 e. The summed E-state index contributed by atoms with van der Waals surface area (Å²) < 4.78 is 15.9. The van der Waals surface area contributed by atoms with Crippen LogP contribution in [0, 0.1) is 12.7 Å². The highest BCUT2D eigenvalue weighted by atomic mass is 35.5. The van der Waals surface area contributed by atoms with Gasteiger partial charge in [-0.15, -0.1) is 10.2 Å². The Hall–Kier alpha value is -2.40. The first-order valence-corrected chi connectivity index (χ1v) is 8.17. The van der Waals surface area contributed by atoms with E-state index in [2.05, 4.69) is 22.0 Å². The molecule has 1 unspecified atom stereocenters. The molecule has 0 saturated heterocycles. The molecule has 0 saturated carbocycles. The van der Waals surface area contributed by atoms with Crippen molar-refractivity contribution in [2.45, 2.75) is 19.8 Å². The van der Waals surface area contributed by atoms with Gasteiger partial charge < -0.3 is 4.90 Å². The highest BCUT2D eigenvalue weighted by Gasteiger charge is 2.28. The van der Waals surface area contributed by atoms with Gasteiger partial charge in [-0.2, -0.15) is 0 Å². The third-order valence-corrected chi connectivity index (χ3v) is 4.61. The Labute approximate surface area is 144 Å². The number of fused-ring (bicyclic) bond motifs is 3. The fourth-order valence-corrected chi connectivity index (χ4v) is 3.34. The van der Waals surface area contributed by atoms with E-state index >= 15 is 0 Å². The van der Waals surface area contributed by atoms with Gasteiger partial charge in [0, 0.05) is 29.2 Å². The van der Waals surface area contributed by atoms with Crippen molar-refractivity contribution < 1.29 is 4.39 Å². The molecule has 1 aliphatic heterocycles. The van der Waals surface area contributed by atoms with Crippen LogP contribution in [0.3, 0.4) is 0 Å². The van der Waals surface area contributed by atoms with Crippen LogP contribution >= 0.6 is 11.6 Å². The van der Waals surface area contributed by atoms with Crippen molar-refractivity contribution in [2.24, 2.45) is 0 Å². The molecule has 4 rings (SSSR count). The number of aromatic nitrogens is 3. The minimum atomic E-state index is -0.279. The summed E-state index contributed by atoms with van der Waals surface area (Å²) in [6.45, 7) is 4.71. The lowest BCUT2D eigenvalue weighted by Crippen LogP contribution is -2.21. The molecule has 6 heteroatoms. The zero-order chi connectivity index (χ0) is 16.8. The highest BCUT2D eigenvalue weighted by molar-refractivity contribution is 6.30. The molecule has 0 spiro atoms. The van der Waals surface area contributed by atoms with Crippen LogP contribution < -0.4 is 4.90 Å². The van der Waals surface area contributed by atoms with Crippen LogP contribution in [0.1, 0.15) is 24.5 Å². The molecule has 0 aliphatic carbocycles. The van der Waals surface area contributed by atoms with Gasteiger partial charge in [-0.25, -0.2) is 4.39 Å². The summed E-state index contributed by atoms with van der Waals surface area (Å²) in [5.74, 6) is 1.45. The van der Waals surface area contributed by atoms with Crippen LogP contribution in [-0.2, 0) is 0 Å². The van der Waals surface area contributed by atoms with Crippen LogP contribution in [0.2, 0.25) is 5.02 Å².